The van der Waals surface area contributed by atoms with E-state index in [1.54, 1.807) is 12.1 Å². The van der Waals surface area contributed by atoms with Gasteiger partial charge in [0.25, 0.3) is 5.76 Å². The molecular formula is C12H15F2NS. The molecule has 1 aromatic rings. The lowest BCUT2D eigenvalue weighted by Crippen LogP contribution is -2.06. The Morgan fingerprint density at radius 2 is 1.75 bits per heavy atom. The van der Waals surface area contributed by atoms with Gasteiger partial charge in [0, 0.05) is 16.9 Å². The largest absolute Gasteiger partial charge is 0.327 e. The van der Waals surface area contributed by atoms with Crippen molar-refractivity contribution in [1.29, 1.82) is 0 Å². The number of halogens is 2. The summed E-state index contributed by atoms with van der Waals surface area (Å²) in [6.07, 6.45) is 0. The first kappa shape index (κ1) is 11.9. The van der Waals surface area contributed by atoms with Gasteiger partial charge >= 0.3 is 0 Å². The Morgan fingerprint density at radius 1 is 1.25 bits per heavy atom. The fourth-order valence-corrected chi connectivity index (χ4v) is 2.67. The van der Waals surface area contributed by atoms with E-state index < -0.39 is 5.76 Å². The molecule has 0 spiro atoms. The van der Waals surface area contributed by atoms with Gasteiger partial charge in [-0.3, -0.25) is 0 Å². The van der Waals surface area contributed by atoms with Crippen LogP contribution in [0.2, 0.25) is 0 Å². The highest BCUT2D eigenvalue weighted by Gasteiger charge is 2.55. The lowest BCUT2D eigenvalue weighted by molar-refractivity contribution is 0.252. The standard InChI is InChI=1S/C12H15F2NS/c1-12(2)9(10(12)15)7-3-5-8(6-4-7)16-11(13)14/h3-6,9-11H,15H2,1-2H3/t9-,10-/m0/s1. The van der Waals surface area contributed by atoms with Gasteiger partial charge in [-0.25, -0.2) is 0 Å². The van der Waals surface area contributed by atoms with Crippen LogP contribution in [-0.4, -0.2) is 11.8 Å². The van der Waals surface area contributed by atoms with Gasteiger partial charge in [0.1, 0.15) is 0 Å². The fourth-order valence-electron chi connectivity index (χ4n) is 2.17. The van der Waals surface area contributed by atoms with Crippen LogP contribution in [0.15, 0.2) is 29.2 Å². The molecule has 0 aliphatic heterocycles. The lowest BCUT2D eigenvalue weighted by Gasteiger charge is -2.04. The molecule has 1 fully saturated rings. The first-order chi connectivity index (χ1) is 7.43. The van der Waals surface area contributed by atoms with Gasteiger partial charge in [-0.05, 0) is 23.1 Å². The molecule has 1 aliphatic carbocycles. The third-order valence-electron chi connectivity index (χ3n) is 3.38. The maximum Gasteiger partial charge on any atom is 0.288 e. The van der Waals surface area contributed by atoms with Gasteiger partial charge in [0.05, 0.1) is 0 Å². The monoisotopic (exact) mass is 243 g/mol. The molecule has 2 rings (SSSR count). The maximum absolute atomic E-state index is 12.1. The molecule has 0 saturated heterocycles. The van der Waals surface area contributed by atoms with Crippen molar-refractivity contribution in [2.75, 3.05) is 0 Å². The summed E-state index contributed by atoms with van der Waals surface area (Å²) in [7, 11) is 0. The van der Waals surface area contributed by atoms with E-state index in [1.807, 2.05) is 12.1 Å². The second kappa shape index (κ2) is 4.00. The predicted molar refractivity (Wildman–Crippen MR) is 62.8 cm³/mol. The second-order valence-electron chi connectivity index (χ2n) is 4.77. The summed E-state index contributed by atoms with van der Waals surface area (Å²) in [6, 6.07) is 7.48. The van der Waals surface area contributed by atoms with E-state index in [9.17, 15) is 8.78 Å². The molecule has 88 valence electrons. The molecule has 2 N–H and O–H groups in total. The fraction of sp³-hybridized carbons (Fsp3) is 0.500. The summed E-state index contributed by atoms with van der Waals surface area (Å²) in [4.78, 5) is 0.603. The SMILES string of the molecule is CC1(C)[C@@H](N)[C@@H]1c1ccc(SC(F)F)cc1. The molecule has 2 atom stereocenters. The van der Waals surface area contributed by atoms with Gasteiger partial charge in [-0.2, -0.15) is 8.78 Å². The first-order valence-corrected chi connectivity index (χ1v) is 6.11. The minimum atomic E-state index is -2.36. The average molecular weight is 243 g/mol. The van der Waals surface area contributed by atoms with Crippen molar-refractivity contribution in [2.45, 2.75) is 36.5 Å². The molecule has 4 heteroatoms. The van der Waals surface area contributed by atoms with Crippen LogP contribution < -0.4 is 5.73 Å². The molecule has 1 nitrogen and oxygen atoms in total. The summed E-state index contributed by atoms with van der Waals surface area (Å²) in [6.45, 7) is 4.26. The number of benzene rings is 1. The highest BCUT2D eigenvalue weighted by Crippen LogP contribution is 2.57. The zero-order valence-electron chi connectivity index (χ0n) is 9.28. The summed E-state index contributed by atoms with van der Waals surface area (Å²) < 4.78 is 24.2. The summed E-state index contributed by atoms with van der Waals surface area (Å²) >= 11 is 0.575. The molecule has 0 unspecified atom stereocenters. The highest BCUT2D eigenvalue weighted by atomic mass is 32.2. The third kappa shape index (κ3) is 2.09. The average Bonchev–Trinajstić information content (AvgIpc) is 2.67. The first-order valence-electron chi connectivity index (χ1n) is 5.23. The molecule has 0 aromatic heterocycles. The number of rotatable bonds is 3. The molecule has 1 aliphatic rings. The quantitative estimate of drug-likeness (QED) is 0.823. The Morgan fingerprint density at radius 3 is 2.12 bits per heavy atom. The third-order valence-corrected chi connectivity index (χ3v) is 4.10. The van der Waals surface area contributed by atoms with Crippen LogP contribution in [-0.2, 0) is 0 Å². The van der Waals surface area contributed by atoms with E-state index in [0.29, 0.717) is 22.6 Å². The smallest absolute Gasteiger partial charge is 0.288 e. The molecule has 1 aromatic carbocycles. The Bertz CT molecular complexity index is 375. The van der Waals surface area contributed by atoms with Crippen molar-refractivity contribution in [3.63, 3.8) is 0 Å². The van der Waals surface area contributed by atoms with Gasteiger partial charge in [0.15, 0.2) is 0 Å². The van der Waals surface area contributed by atoms with Crippen LogP contribution in [0.1, 0.15) is 25.3 Å². The molecule has 0 heterocycles. The van der Waals surface area contributed by atoms with Gasteiger partial charge in [-0.15, -0.1) is 0 Å². The van der Waals surface area contributed by atoms with Crippen LogP contribution in [0.25, 0.3) is 0 Å². The minimum Gasteiger partial charge on any atom is -0.327 e. The second-order valence-corrected chi connectivity index (χ2v) is 5.84. The highest BCUT2D eigenvalue weighted by molar-refractivity contribution is 7.99. The molecule has 16 heavy (non-hydrogen) atoms. The van der Waals surface area contributed by atoms with E-state index in [4.69, 9.17) is 5.73 Å². The molecule has 0 bridgehead atoms. The molecular weight excluding hydrogens is 228 g/mol. The summed E-state index contributed by atoms with van der Waals surface area (Å²) in [5, 5.41) is 0. The van der Waals surface area contributed by atoms with E-state index in [2.05, 4.69) is 13.8 Å². The van der Waals surface area contributed by atoms with E-state index in [-0.39, 0.29) is 11.5 Å². The Kier molecular flexibility index (Phi) is 2.97. The number of hydrogen-bond donors (Lipinski definition) is 1. The van der Waals surface area contributed by atoms with Crippen molar-refractivity contribution in [1.82, 2.24) is 0 Å². The van der Waals surface area contributed by atoms with Gasteiger partial charge < -0.3 is 5.73 Å². The van der Waals surface area contributed by atoms with Crippen LogP contribution in [0.3, 0.4) is 0 Å². The summed E-state index contributed by atoms with van der Waals surface area (Å²) in [5.74, 6) is -2.00. The van der Waals surface area contributed by atoms with Crippen molar-refractivity contribution in [3.8, 4) is 0 Å². The Hall–Kier alpha value is -0.610. The van der Waals surface area contributed by atoms with Crippen LogP contribution in [0.5, 0.6) is 0 Å². The normalized spacial score (nSPS) is 27.1. The van der Waals surface area contributed by atoms with Gasteiger partial charge in [0.2, 0.25) is 0 Å². The van der Waals surface area contributed by atoms with E-state index >= 15 is 0 Å². The van der Waals surface area contributed by atoms with Crippen LogP contribution >= 0.6 is 11.8 Å². The van der Waals surface area contributed by atoms with E-state index in [1.165, 1.54) is 0 Å². The Balaban J connectivity index is 2.09. The van der Waals surface area contributed by atoms with Crippen LogP contribution in [0.4, 0.5) is 8.78 Å². The van der Waals surface area contributed by atoms with Crippen molar-refractivity contribution in [3.05, 3.63) is 29.8 Å². The van der Waals surface area contributed by atoms with Crippen molar-refractivity contribution in [2.24, 2.45) is 11.1 Å². The predicted octanol–water partition coefficient (Wildman–Crippen LogP) is 3.45. The molecule has 0 radical (unpaired) electrons. The molecule has 0 amide bonds. The van der Waals surface area contributed by atoms with E-state index in [0.717, 1.165) is 5.56 Å². The zero-order valence-corrected chi connectivity index (χ0v) is 10.1. The summed E-state index contributed by atoms with van der Waals surface area (Å²) in [5.41, 5.74) is 7.26. The minimum absolute atomic E-state index is 0.136. The molecule has 1 saturated carbocycles. The van der Waals surface area contributed by atoms with Crippen molar-refractivity contribution < 1.29 is 8.78 Å². The van der Waals surface area contributed by atoms with Crippen molar-refractivity contribution >= 4 is 11.8 Å². The maximum atomic E-state index is 12.1. The zero-order chi connectivity index (χ0) is 11.9. The topological polar surface area (TPSA) is 26.0 Å². The van der Waals surface area contributed by atoms with Gasteiger partial charge in [-0.1, -0.05) is 37.7 Å². The number of thioether (sulfide) groups is 1. The number of alkyl halides is 2. The number of nitrogens with two attached hydrogens (primary N) is 1. The number of hydrogen-bond acceptors (Lipinski definition) is 2. The van der Waals surface area contributed by atoms with Crippen LogP contribution in [0, 0.1) is 5.41 Å². The lowest BCUT2D eigenvalue weighted by atomic mass is 10.0. The Labute approximate surface area is 98.4 Å².